The number of Topliss-reactive ketones (excluding diaryl/α,β-unsaturated/α-hetero) is 1. The molecule has 2 heterocycles. The molecular weight excluding hydrogens is 429 g/mol. The van der Waals surface area contributed by atoms with Crippen molar-refractivity contribution in [3.63, 3.8) is 0 Å². The summed E-state index contributed by atoms with van der Waals surface area (Å²) in [5.41, 5.74) is 0.210. The van der Waals surface area contributed by atoms with Gasteiger partial charge in [0.2, 0.25) is 5.78 Å². The fraction of sp³-hybridized carbons (Fsp3) is 0.280. The first-order valence-electron chi connectivity index (χ1n) is 10.5. The van der Waals surface area contributed by atoms with E-state index in [2.05, 4.69) is 0 Å². The summed E-state index contributed by atoms with van der Waals surface area (Å²) in [6, 6.07) is 11.4. The number of ether oxygens (including phenoxy) is 2. The molecule has 4 rings (SSSR count). The van der Waals surface area contributed by atoms with Gasteiger partial charge in [-0.25, -0.2) is 4.39 Å². The Morgan fingerprint density at radius 1 is 1.21 bits per heavy atom. The standard InChI is InChI=1S/C25H24FNO6/c1-14(2)32-12-11-27-21(16-8-4-5-9-17(16)26)20(23(29)25(27)30)22(28)19-13-15-7-6-10-18(31-3)24(15)33-19/h4-10,13-14,21,29H,11-12H2,1-3H3. The summed E-state index contributed by atoms with van der Waals surface area (Å²) in [5.74, 6) is -2.47. The van der Waals surface area contributed by atoms with Gasteiger partial charge < -0.3 is 23.9 Å². The molecule has 0 spiro atoms. The van der Waals surface area contributed by atoms with Crippen molar-refractivity contribution in [2.45, 2.75) is 26.0 Å². The van der Waals surface area contributed by atoms with Gasteiger partial charge in [0.05, 0.1) is 31.4 Å². The molecule has 1 N–H and O–H groups in total. The third-order valence-electron chi connectivity index (χ3n) is 5.48. The van der Waals surface area contributed by atoms with Gasteiger partial charge >= 0.3 is 0 Å². The number of halogens is 1. The van der Waals surface area contributed by atoms with Crippen molar-refractivity contribution in [1.82, 2.24) is 4.90 Å². The second kappa shape index (κ2) is 9.07. The smallest absolute Gasteiger partial charge is 0.290 e. The summed E-state index contributed by atoms with van der Waals surface area (Å²) in [6.07, 6.45) is -0.0807. The number of ketones is 1. The van der Waals surface area contributed by atoms with Gasteiger partial charge in [-0.1, -0.05) is 30.3 Å². The minimum absolute atomic E-state index is 0.0603. The third kappa shape index (κ3) is 4.09. The van der Waals surface area contributed by atoms with Crippen molar-refractivity contribution < 1.29 is 33.0 Å². The molecule has 2 aromatic carbocycles. The molecule has 33 heavy (non-hydrogen) atoms. The number of furan rings is 1. The monoisotopic (exact) mass is 453 g/mol. The van der Waals surface area contributed by atoms with Crippen molar-refractivity contribution in [3.05, 3.63) is 77.0 Å². The number of rotatable bonds is 8. The molecule has 0 saturated heterocycles. The normalized spacial score (nSPS) is 16.3. The van der Waals surface area contributed by atoms with Crippen LogP contribution in [0, 0.1) is 5.82 Å². The van der Waals surface area contributed by atoms with E-state index in [1.165, 1.54) is 36.3 Å². The Labute approximate surface area is 190 Å². The van der Waals surface area contributed by atoms with Crippen molar-refractivity contribution in [2.75, 3.05) is 20.3 Å². The molecule has 1 amide bonds. The summed E-state index contributed by atoms with van der Waals surface area (Å²) >= 11 is 0. The number of aliphatic hydroxyl groups is 1. The van der Waals surface area contributed by atoms with Crippen LogP contribution >= 0.6 is 0 Å². The average Bonchev–Trinajstić information content (AvgIpc) is 3.34. The van der Waals surface area contributed by atoms with Crippen molar-refractivity contribution in [2.24, 2.45) is 0 Å². The molecule has 8 heteroatoms. The maximum absolute atomic E-state index is 14.8. The fourth-order valence-corrected chi connectivity index (χ4v) is 3.96. The maximum atomic E-state index is 14.8. The van der Waals surface area contributed by atoms with Gasteiger partial charge in [-0.05, 0) is 32.0 Å². The van der Waals surface area contributed by atoms with E-state index >= 15 is 0 Å². The highest BCUT2D eigenvalue weighted by molar-refractivity contribution is 6.16. The molecule has 3 aromatic rings. The van der Waals surface area contributed by atoms with Crippen LogP contribution in [-0.4, -0.2) is 48.1 Å². The summed E-state index contributed by atoms with van der Waals surface area (Å²) in [4.78, 5) is 27.7. The highest BCUT2D eigenvalue weighted by Gasteiger charge is 2.45. The highest BCUT2D eigenvalue weighted by atomic mass is 19.1. The van der Waals surface area contributed by atoms with Crippen LogP contribution in [0.5, 0.6) is 5.75 Å². The number of benzene rings is 2. The molecule has 1 aliphatic heterocycles. The zero-order valence-corrected chi connectivity index (χ0v) is 18.5. The lowest BCUT2D eigenvalue weighted by Crippen LogP contribution is -2.35. The Bertz CT molecular complexity index is 1240. The van der Waals surface area contributed by atoms with Crippen molar-refractivity contribution >= 4 is 22.7 Å². The zero-order valence-electron chi connectivity index (χ0n) is 18.5. The first-order chi connectivity index (χ1) is 15.8. The molecule has 1 unspecified atom stereocenters. The summed E-state index contributed by atoms with van der Waals surface area (Å²) < 4.78 is 31.4. The molecule has 0 radical (unpaired) electrons. The molecule has 1 aliphatic rings. The van der Waals surface area contributed by atoms with E-state index in [0.717, 1.165) is 0 Å². The summed E-state index contributed by atoms with van der Waals surface area (Å²) in [7, 11) is 1.48. The molecule has 7 nitrogen and oxygen atoms in total. The minimum Gasteiger partial charge on any atom is -0.503 e. The van der Waals surface area contributed by atoms with Gasteiger partial charge in [-0.15, -0.1) is 0 Å². The van der Waals surface area contributed by atoms with E-state index in [-0.39, 0.29) is 36.2 Å². The zero-order chi connectivity index (χ0) is 23.7. The fourth-order valence-electron chi connectivity index (χ4n) is 3.96. The average molecular weight is 453 g/mol. The lowest BCUT2D eigenvalue weighted by atomic mass is 9.94. The Morgan fingerprint density at radius 2 is 1.97 bits per heavy atom. The number of aliphatic hydroxyl groups excluding tert-OH is 1. The number of carbonyl (C=O) groups is 2. The minimum atomic E-state index is -1.13. The van der Waals surface area contributed by atoms with E-state index in [1.807, 2.05) is 13.8 Å². The van der Waals surface area contributed by atoms with E-state index in [9.17, 15) is 19.1 Å². The number of methoxy groups -OCH3 is 1. The van der Waals surface area contributed by atoms with Crippen LogP contribution in [0.1, 0.15) is 36.0 Å². The van der Waals surface area contributed by atoms with Crippen LogP contribution in [0.15, 0.2) is 64.3 Å². The molecule has 1 atom stereocenters. The van der Waals surface area contributed by atoms with Crippen LogP contribution in [0.2, 0.25) is 0 Å². The largest absolute Gasteiger partial charge is 0.503 e. The lowest BCUT2D eigenvalue weighted by molar-refractivity contribution is -0.130. The molecule has 0 fully saturated rings. The number of hydrogen-bond acceptors (Lipinski definition) is 6. The van der Waals surface area contributed by atoms with Gasteiger partial charge in [0, 0.05) is 17.5 Å². The van der Waals surface area contributed by atoms with Crippen LogP contribution in [0.3, 0.4) is 0 Å². The highest BCUT2D eigenvalue weighted by Crippen LogP contribution is 2.40. The molecule has 1 aromatic heterocycles. The maximum Gasteiger partial charge on any atom is 0.290 e. The van der Waals surface area contributed by atoms with E-state index in [4.69, 9.17) is 13.9 Å². The first-order valence-corrected chi connectivity index (χ1v) is 10.5. The number of hydrogen-bond donors (Lipinski definition) is 1. The summed E-state index contributed by atoms with van der Waals surface area (Å²) in [6.45, 7) is 3.91. The van der Waals surface area contributed by atoms with Gasteiger partial charge in [0.25, 0.3) is 5.91 Å². The van der Waals surface area contributed by atoms with Crippen LogP contribution in [0.4, 0.5) is 4.39 Å². The Morgan fingerprint density at radius 3 is 2.67 bits per heavy atom. The quantitative estimate of drug-likeness (QED) is 0.502. The third-order valence-corrected chi connectivity index (χ3v) is 5.48. The SMILES string of the molecule is COc1cccc2cc(C(=O)C3=C(O)C(=O)N(CCOC(C)C)C3c3ccccc3F)oc12. The molecule has 0 aliphatic carbocycles. The molecule has 172 valence electrons. The number of fused-ring (bicyclic) bond motifs is 1. The van der Waals surface area contributed by atoms with E-state index in [0.29, 0.717) is 16.7 Å². The van der Waals surface area contributed by atoms with E-state index in [1.54, 1.807) is 24.3 Å². The van der Waals surface area contributed by atoms with Gasteiger partial charge in [0.15, 0.2) is 22.9 Å². The molecular formula is C25H24FNO6. The molecule has 0 saturated carbocycles. The topological polar surface area (TPSA) is 89.2 Å². The first kappa shape index (κ1) is 22.5. The number of carbonyl (C=O) groups excluding carboxylic acids is 2. The van der Waals surface area contributed by atoms with Gasteiger partial charge in [-0.3, -0.25) is 9.59 Å². The van der Waals surface area contributed by atoms with Crippen LogP contribution < -0.4 is 4.74 Å². The van der Waals surface area contributed by atoms with E-state index < -0.39 is 29.3 Å². The van der Waals surface area contributed by atoms with Gasteiger partial charge in [-0.2, -0.15) is 0 Å². The second-order valence-electron chi connectivity index (χ2n) is 7.92. The number of para-hydroxylation sites is 1. The second-order valence-corrected chi connectivity index (χ2v) is 7.92. The van der Waals surface area contributed by atoms with Crippen molar-refractivity contribution in [1.29, 1.82) is 0 Å². The van der Waals surface area contributed by atoms with Gasteiger partial charge in [0.1, 0.15) is 5.82 Å². The lowest BCUT2D eigenvalue weighted by Gasteiger charge is -2.27. The molecule has 0 bridgehead atoms. The number of nitrogens with zero attached hydrogens (tertiary/aromatic N) is 1. The predicted octanol–water partition coefficient (Wildman–Crippen LogP) is 4.58. The van der Waals surface area contributed by atoms with Crippen LogP contribution in [-0.2, 0) is 9.53 Å². The predicted molar refractivity (Wildman–Crippen MR) is 119 cm³/mol. The van der Waals surface area contributed by atoms with Crippen LogP contribution in [0.25, 0.3) is 11.0 Å². The Balaban J connectivity index is 1.78. The van der Waals surface area contributed by atoms with Crippen molar-refractivity contribution in [3.8, 4) is 5.75 Å². The Hall–Kier alpha value is -3.65. The number of amides is 1. The Kier molecular flexibility index (Phi) is 6.20. The summed E-state index contributed by atoms with van der Waals surface area (Å²) in [5, 5.41) is 11.3.